The number of aryl methyl sites for hydroxylation is 2. The lowest BCUT2D eigenvalue weighted by Crippen LogP contribution is -1.72. The molecular formula is C12H14N2. The average Bonchev–Trinajstić information content (AvgIpc) is 2.21. The Morgan fingerprint density at radius 1 is 0.857 bits per heavy atom. The molecule has 0 aliphatic heterocycles. The van der Waals surface area contributed by atoms with Crippen LogP contribution < -0.4 is 0 Å². The second-order valence-electron chi connectivity index (χ2n) is 3.00. The van der Waals surface area contributed by atoms with Crippen molar-refractivity contribution in [1.82, 2.24) is 9.97 Å². The van der Waals surface area contributed by atoms with E-state index in [2.05, 4.69) is 9.97 Å². The maximum Gasteiger partial charge on any atom is 0.0372 e. The third-order valence-electron chi connectivity index (χ3n) is 1.66. The Bertz CT molecular complexity index is 306. The Balaban J connectivity index is 0.000000140. The van der Waals surface area contributed by atoms with Crippen LogP contribution in [0, 0.1) is 13.8 Å². The topological polar surface area (TPSA) is 25.8 Å². The minimum Gasteiger partial charge on any atom is -0.265 e. The highest BCUT2D eigenvalue weighted by molar-refractivity contribution is 5.05. The molecule has 0 amide bonds. The summed E-state index contributed by atoms with van der Waals surface area (Å²) < 4.78 is 0. The van der Waals surface area contributed by atoms with Gasteiger partial charge >= 0.3 is 0 Å². The summed E-state index contributed by atoms with van der Waals surface area (Å²) in [6.45, 7) is 4.02. The van der Waals surface area contributed by atoms with Crippen LogP contribution in [-0.4, -0.2) is 9.97 Å². The number of nitrogens with zero attached hydrogens (tertiary/aromatic N) is 2. The Morgan fingerprint density at radius 3 is 1.86 bits per heavy atom. The predicted octanol–water partition coefficient (Wildman–Crippen LogP) is 2.78. The Morgan fingerprint density at radius 2 is 1.57 bits per heavy atom. The lowest BCUT2D eigenvalue weighted by atomic mass is 10.3. The first-order valence-electron chi connectivity index (χ1n) is 4.53. The number of pyridine rings is 2. The molecule has 0 fully saturated rings. The van der Waals surface area contributed by atoms with Crippen LogP contribution in [0.25, 0.3) is 0 Å². The van der Waals surface area contributed by atoms with Gasteiger partial charge in [-0.3, -0.25) is 9.97 Å². The largest absolute Gasteiger partial charge is 0.265 e. The molecule has 2 aromatic rings. The summed E-state index contributed by atoms with van der Waals surface area (Å²) in [4.78, 5) is 7.82. The van der Waals surface area contributed by atoms with Crippen LogP contribution >= 0.6 is 0 Å². The van der Waals surface area contributed by atoms with Crippen LogP contribution in [0.3, 0.4) is 0 Å². The molecule has 2 rings (SSSR count). The first-order valence-corrected chi connectivity index (χ1v) is 4.53. The van der Waals surface area contributed by atoms with Crippen molar-refractivity contribution in [3.8, 4) is 0 Å². The number of hydrogen-bond acceptors (Lipinski definition) is 2. The van der Waals surface area contributed by atoms with Gasteiger partial charge in [-0.05, 0) is 43.7 Å². The Hall–Kier alpha value is -1.70. The minimum atomic E-state index is 1.07. The molecule has 72 valence electrons. The van der Waals surface area contributed by atoms with Crippen molar-refractivity contribution in [3.05, 3.63) is 60.2 Å². The van der Waals surface area contributed by atoms with Crippen molar-refractivity contribution >= 4 is 0 Å². The first kappa shape index (κ1) is 10.4. The van der Waals surface area contributed by atoms with Crippen molar-refractivity contribution < 1.29 is 0 Å². The molecule has 0 unspecified atom stereocenters. The number of rotatable bonds is 0. The van der Waals surface area contributed by atoms with E-state index in [-0.39, 0.29) is 0 Å². The molecule has 0 saturated heterocycles. The second-order valence-corrected chi connectivity index (χ2v) is 3.00. The molecule has 0 N–H and O–H groups in total. The van der Waals surface area contributed by atoms with Crippen LogP contribution in [0.4, 0.5) is 0 Å². The zero-order valence-corrected chi connectivity index (χ0v) is 8.51. The molecule has 2 nitrogen and oxygen atoms in total. The normalized spacial score (nSPS) is 8.71. The average molecular weight is 186 g/mol. The molecule has 0 saturated carbocycles. The summed E-state index contributed by atoms with van der Waals surface area (Å²) in [7, 11) is 0. The highest BCUT2D eigenvalue weighted by atomic mass is 14.6. The summed E-state index contributed by atoms with van der Waals surface area (Å²) in [6, 6.07) is 9.80. The summed E-state index contributed by atoms with van der Waals surface area (Å²) in [6.07, 6.45) is 5.36. The molecule has 0 aliphatic carbocycles. The summed E-state index contributed by atoms with van der Waals surface area (Å²) in [5.74, 6) is 0. The third-order valence-corrected chi connectivity index (χ3v) is 1.66. The van der Waals surface area contributed by atoms with Gasteiger partial charge in [0, 0.05) is 24.3 Å². The fourth-order valence-electron chi connectivity index (χ4n) is 0.875. The highest BCUT2D eigenvalue weighted by Gasteiger charge is 1.73. The van der Waals surface area contributed by atoms with Gasteiger partial charge in [0.2, 0.25) is 0 Å². The second kappa shape index (κ2) is 5.86. The Labute approximate surface area is 84.7 Å². The molecule has 0 spiro atoms. The van der Waals surface area contributed by atoms with Crippen molar-refractivity contribution in [1.29, 1.82) is 0 Å². The van der Waals surface area contributed by atoms with Crippen molar-refractivity contribution in [3.63, 3.8) is 0 Å². The van der Waals surface area contributed by atoms with Crippen molar-refractivity contribution in [2.75, 3.05) is 0 Å². The van der Waals surface area contributed by atoms with Crippen LogP contribution in [0.15, 0.2) is 48.9 Å². The van der Waals surface area contributed by atoms with Gasteiger partial charge in [-0.1, -0.05) is 6.07 Å². The van der Waals surface area contributed by atoms with Gasteiger partial charge in [-0.15, -0.1) is 0 Å². The SMILES string of the molecule is Cc1ccccn1.Cc1ccncc1. The zero-order chi connectivity index (χ0) is 10.2. The smallest absolute Gasteiger partial charge is 0.0372 e. The maximum absolute atomic E-state index is 3.98. The van der Waals surface area contributed by atoms with E-state index in [4.69, 9.17) is 0 Å². The lowest BCUT2D eigenvalue weighted by Gasteiger charge is -1.82. The quantitative estimate of drug-likeness (QED) is 0.632. The van der Waals surface area contributed by atoms with Gasteiger partial charge in [0.25, 0.3) is 0 Å². The van der Waals surface area contributed by atoms with E-state index >= 15 is 0 Å². The first-order chi connectivity index (χ1) is 6.79. The molecule has 0 bridgehead atoms. The maximum atomic E-state index is 3.98. The summed E-state index contributed by atoms with van der Waals surface area (Å²) in [5.41, 5.74) is 2.33. The molecular weight excluding hydrogens is 172 g/mol. The fraction of sp³-hybridized carbons (Fsp3) is 0.167. The van der Waals surface area contributed by atoms with Gasteiger partial charge in [0.05, 0.1) is 0 Å². The molecule has 0 radical (unpaired) electrons. The third kappa shape index (κ3) is 4.36. The van der Waals surface area contributed by atoms with Gasteiger partial charge in [0.1, 0.15) is 0 Å². The van der Waals surface area contributed by atoms with Gasteiger partial charge in [-0.25, -0.2) is 0 Å². The van der Waals surface area contributed by atoms with E-state index in [9.17, 15) is 0 Å². The summed E-state index contributed by atoms with van der Waals surface area (Å²) >= 11 is 0. The van der Waals surface area contributed by atoms with Crippen LogP contribution in [0.1, 0.15) is 11.3 Å². The number of aromatic nitrogens is 2. The van der Waals surface area contributed by atoms with Crippen molar-refractivity contribution in [2.45, 2.75) is 13.8 Å². The van der Waals surface area contributed by atoms with Gasteiger partial charge in [0.15, 0.2) is 0 Å². The molecule has 0 aliphatic rings. The highest BCUT2D eigenvalue weighted by Crippen LogP contribution is 1.88. The number of hydrogen-bond donors (Lipinski definition) is 0. The predicted molar refractivity (Wildman–Crippen MR) is 57.9 cm³/mol. The van der Waals surface area contributed by atoms with Crippen LogP contribution in [-0.2, 0) is 0 Å². The fourth-order valence-corrected chi connectivity index (χ4v) is 0.875. The zero-order valence-electron chi connectivity index (χ0n) is 8.51. The Kier molecular flexibility index (Phi) is 4.35. The standard InChI is InChI=1S/2C6H7N/c1-6-2-4-7-5-3-6;1-6-4-2-3-5-7-6/h2*2-5H,1H3. The molecule has 14 heavy (non-hydrogen) atoms. The van der Waals surface area contributed by atoms with Crippen LogP contribution in [0.5, 0.6) is 0 Å². The van der Waals surface area contributed by atoms with E-state index in [1.54, 1.807) is 18.6 Å². The van der Waals surface area contributed by atoms with E-state index in [0.29, 0.717) is 0 Å². The monoisotopic (exact) mass is 186 g/mol. The van der Waals surface area contributed by atoms with Crippen LogP contribution in [0.2, 0.25) is 0 Å². The van der Waals surface area contributed by atoms with Gasteiger partial charge in [-0.2, -0.15) is 0 Å². The molecule has 0 aromatic carbocycles. The summed E-state index contributed by atoms with van der Waals surface area (Å²) in [5, 5.41) is 0. The van der Waals surface area contributed by atoms with Gasteiger partial charge < -0.3 is 0 Å². The van der Waals surface area contributed by atoms with E-state index in [0.717, 1.165) is 5.69 Å². The lowest BCUT2D eigenvalue weighted by molar-refractivity contribution is 1.20. The molecule has 2 heteroatoms. The van der Waals surface area contributed by atoms with Crippen molar-refractivity contribution in [2.24, 2.45) is 0 Å². The molecule has 2 aromatic heterocycles. The molecule has 0 atom stereocenters. The van der Waals surface area contributed by atoms with E-state index < -0.39 is 0 Å². The van der Waals surface area contributed by atoms with E-state index in [1.807, 2.05) is 44.2 Å². The molecule has 2 heterocycles. The van der Waals surface area contributed by atoms with E-state index in [1.165, 1.54) is 5.56 Å². The minimum absolute atomic E-state index is 1.07.